The fraction of sp³-hybridized carbons (Fsp3) is 0.500. The Bertz CT molecular complexity index is 641. The Morgan fingerprint density at radius 2 is 2.13 bits per heavy atom. The highest BCUT2D eigenvalue weighted by molar-refractivity contribution is 6.30. The van der Waals surface area contributed by atoms with Crippen LogP contribution in [0, 0.1) is 0 Å². The predicted molar refractivity (Wildman–Crippen MR) is 91.3 cm³/mol. The summed E-state index contributed by atoms with van der Waals surface area (Å²) in [4.78, 5) is 2.45. The summed E-state index contributed by atoms with van der Waals surface area (Å²) >= 11 is 5.92. The zero-order valence-electron chi connectivity index (χ0n) is 13.5. The maximum atomic E-state index is 9.11. The number of hydrogen-bond donors (Lipinski definition) is 1. The molecule has 5 heteroatoms. The molecule has 1 aromatic carbocycles. The zero-order valence-corrected chi connectivity index (χ0v) is 14.2. The van der Waals surface area contributed by atoms with Crippen LogP contribution >= 0.6 is 11.6 Å². The third-order valence-electron chi connectivity index (χ3n) is 4.83. The lowest BCUT2D eigenvalue weighted by atomic mass is 9.93. The highest BCUT2D eigenvalue weighted by Gasteiger charge is 2.36. The third-order valence-corrected chi connectivity index (χ3v) is 5.08. The molecule has 0 radical (unpaired) electrons. The summed E-state index contributed by atoms with van der Waals surface area (Å²) in [5.41, 5.74) is 2.00. The molecule has 1 saturated heterocycles. The number of aliphatic hydroxyl groups excluding tert-OH is 1. The van der Waals surface area contributed by atoms with E-state index in [0.717, 1.165) is 42.9 Å². The first kappa shape index (κ1) is 16.5. The first-order valence-electron chi connectivity index (χ1n) is 8.18. The molecule has 0 unspecified atom stereocenters. The summed E-state index contributed by atoms with van der Waals surface area (Å²) < 4.78 is 5.53. The van der Waals surface area contributed by atoms with Crippen LogP contribution in [0.15, 0.2) is 34.9 Å². The van der Waals surface area contributed by atoms with Gasteiger partial charge in [0.2, 0.25) is 0 Å². The molecule has 4 nitrogen and oxygen atoms in total. The second-order valence-corrected chi connectivity index (χ2v) is 6.97. The number of nitrogens with zero attached hydrogens (tertiary/aromatic N) is 2. The summed E-state index contributed by atoms with van der Waals surface area (Å²) in [6.45, 7) is 4.38. The minimum absolute atomic E-state index is 0.149. The Labute approximate surface area is 142 Å². The van der Waals surface area contributed by atoms with Gasteiger partial charge in [0.25, 0.3) is 0 Å². The number of likely N-dealkylation sites (tertiary alicyclic amines) is 1. The second kappa shape index (κ2) is 7.04. The van der Waals surface area contributed by atoms with Crippen molar-refractivity contribution in [1.82, 2.24) is 10.1 Å². The van der Waals surface area contributed by atoms with Crippen LogP contribution in [0.2, 0.25) is 5.02 Å². The molecule has 0 bridgehead atoms. The van der Waals surface area contributed by atoms with Gasteiger partial charge in [0.05, 0.1) is 6.54 Å². The first-order valence-corrected chi connectivity index (χ1v) is 8.56. The maximum absolute atomic E-state index is 9.11. The molecule has 0 saturated carbocycles. The largest absolute Gasteiger partial charge is 0.396 e. The average molecular weight is 335 g/mol. The summed E-state index contributed by atoms with van der Waals surface area (Å²) in [5, 5.41) is 14.0. The van der Waals surface area contributed by atoms with Gasteiger partial charge in [-0.15, -0.1) is 0 Å². The van der Waals surface area contributed by atoms with E-state index in [9.17, 15) is 0 Å². The Morgan fingerprint density at radius 3 is 2.87 bits per heavy atom. The number of rotatable bonds is 6. The van der Waals surface area contributed by atoms with E-state index in [0.29, 0.717) is 5.02 Å². The van der Waals surface area contributed by atoms with Crippen molar-refractivity contribution in [3.8, 4) is 11.3 Å². The van der Waals surface area contributed by atoms with Crippen molar-refractivity contribution in [3.05, 3.63) is 41.1 Å². The van der Waals surface area contributed by atoms with Gasteiger partial charge in [-0.3, -0.25) is 4.90 Å². The molecule has 0 spiro atoms. The van der Waals surface area contributed by atoms with Crippen LogP contribution in [0.4, 0.5) is 0 Å². The van der Waals surface area contributed by atoms with Gasteiger partial charge in [-0.1, -0.05) is 28.9 Å². The fourth-order valence-electron chi connectivity index (χ4n) is 3.42. The Hall–Kier alpha value is -1.36. The lowest BCUT2D eigenvalue weighted by Gasteiger charge is -2.34. The molecule has 1 atom stereocenters. The lowest BCUT2D eigenvalue weighted by molar-refractivity contribution is 0.113. The normalized spacial score (nSPS) is 21.9. The van der Waals surface area contributed by atoms with Crippen molar-refractivity contribution < 1.29 is 9.63 Å². The van der Waals surface area contributed by atoms with E-state index in [-0.39, 0.29) is 12.1 Å². The molecular formula is C18H23ClN2O2. The monoisotopic (exact) mass is 334 g/mol. The SMILES string of the molecule is C[C@]1(CCCO)CCCN1Cc1cc(-c2ccc(Cl)cc2)no1. The van der Waals surface area contributed by atoms with E-state index < -0.39 is 0 Å². The third kappa shape index (κ3) is 3.77. The zero-order chi connectivity index (χ0) is 16.3. The second-order valence-electron chi connectivity index (χ2n) is 6.53. The standard InChI is InChI=1S/C18H23ClN2O2/c1-18(9-3-11-22)8-2-10-21(18)13-16-12-17(20-23-16)14-4-6-15(19)7-5-14/h4-7,12,22H,2-3,8-11,13H2,1H3/t18-/m1/s1. The van der Waals surface area contributed by atoms with Crippen LogP contribution in [0.3, 0.4) is 0 Å². The summed E-state index contributed by atoms with van der Waals surface area (Å²) in [7, 11) is 0. The molecule has 0 amide bonds. The molecule has 124 valence electrons. The van der Waals surface area contributed by atoms with Crippen LogP contribution in [-0.2, 0) is 6.54 Å². The maximum Gasteiger partial charge on any atom is 0.151 e. The summed E-state index contributed by atoms with van der Waals surface area (Å²) in [6.07, 6.45) is 4.23. The summed E-state index contributed by atoms with van der Waals surface area (Å²) in [6, 6.07) is 9.62. The number of aromatic nitrogens is 1. The van der Waals surface area contributed by atoms with E-state index in [1.807, 2.05) is 30.3 Å². The van der Waals surface area contributed by atoms with Crippen molar-refractivity contribution in [3.63, 3.8) is 0 Å². The molecule has 1 fully saturated rings. The van der Waals surface area contributed by atoms with Gasteiger partial charge in [-0.25, -0.2) is 0 Å². The number of halogens is 1. The molecule has 1 N–H and O–H groups in total. The van der Waals surface area contributed by atoms with Gasteiger partial charge >= 0.3 is 0 Å². The predicted octanol–water partition coefficient (Wildman–Crippen LogP) is 4.12. The summed E-state index contributed by atoms with van der Waals surface area (Å²) in [5.74, 6) is 0.882. The smallest absolute Gasteiger partial charge is 0.151 e. The minimum atomic E-state index is 0.149. The Kier molecular flexibility index (Phi) is 5.05. The van der Waals surface area contributed by atoms with Gasteiger partial charge in [0.1, 0.15) is 5.69 Å². The van der Waals surface area contributed by atoms with E-state index in [4.69, 9.17) is 21.2 Å². The molecule has 3 rings (SSSR count). The number of benzene rings is 1. The fourth-order valence-corrected chi connectivity index (χ4v) is 3.55. The van der Waals surface area contributed by atoms with Gasteiger partial charge < -0.3 is 9.63 Å². The van der Waals surface area contributed by atoms with E-state index in [1.165, 1.54) is 12.8 Å². The molecule has 0 aliphatic carbocycles. The quantitative estimate of drug-likeness (QED) is 0.863. The minimum Gasteiger partial charge on any atom is -0.396 e. The van der Waals surface area contributed by atoms with E-state index >= 15 is 0 Å². The van der Waals surface area contributed by atoms with Crippen LogP contribution < -0.4 is 0 Å². The molecule has 23 heavy (non-hydrogen) atoms. The van der Waals surface area contributed by atoms with Crippen molar-refractivity contribution >= 4 is 11.6 Å². The van der Waals surface area contributed by atoms with Gasteiger partial charge in [0.15, 0.2) is 5.76 Å². The van der Waals surface area contributed by atoms with Crippen LogP contribution in [-0.4, -0.2) is 33.9 Å². The van der Waals surface area contributed by atoms with Crippen molar-refractivity contribution in [2.45, 2.75) is 44.7 Å². The molecule has 2 heterocycles. The Morgan fingerprint density at radius 1 is 1.35 bits per heavy atom. The lowest BCUT2D eigenvalue weighted by Crippen LogP contribution is -2.40. The van der Waals surface area contributed by atoms with Crippen molar-refractivity contribution in [2.24, 2.45) is 0 Å². The molecule has 1 aliphatic heterocycles. The molecule has 2 aromatic rings. The molecule has 1 aromatic heterocycles. The van der Waals surface area contributed by atoms with E-state index in [1.54, 1.807) is 0 Å². The van der Waals surface area contributed by atoms with Gasteiger partial charge in [-0.05, 0) is 51.3 Å². The van der Waals surface area contributed by atoms with Crippen LogP contribution in [0.1, 0.15) is 38.4 Å². The van der Waals surface area contributed by atoms with Crippen molar-refractivity contribution in [1.29, 1.82) is 0 Å². The highest BCUT2D eigenvalue weighted by Crippen LogP contribution is 2.34. The van der Waals surface area contributed by atoms with E-state index in [2.05, 4.69) is 17.0 Å². The van der Waals surface area contributed by atoms with Crippen LogP contribution in [0.5, 0.6) is 0 Å². The first-order chi connectivity index (χ1) is 11.1. The number of aliphatic hydroxyl groups is 1. The average Bonchev–Trinajstić information content (AvgIpc) is 3.15. The topological polar surface area (TPSA) is 49.5 Å². The Balaban J connectivity index is 1.70. The highest BCUT2D eigenvalue weighted by atomic mass is 35.5. The van der Waals surface area contributed by atoms with Crippen molar-refractivity contribution in [2.75, 3.05) is 13.2 Å². The number of hydrogen-bond acceptors (Lipinski definition) is 4. The molecular weight excluding hydrogens is 312 g/mol. The van der Waals surface area contributed by atoms with Gasteiger partial charge in [0, 0.05) is 28.8 Å². The molecule has 1 aliphatic rings. The van der Waals surface area contributed by atoms with Crippen LogP contribution in [0.25, 0.3) is 11.3 Å². The van der Waals surface area contributed by atoms with Gasteiger partial charge in [-0.2, -0.15) is 0 Å².